The van der Waals surface area contributed by atoms with Crippen molar-refractivity contribution in [1.29, 1.82) is 0 Å². The van der Waals surface area contributed by atoms with E-state index in [2.05, 4.69) is 16.8 Å². The summed E-state index contributed by atoms with van der Waals surface area (Å²) in [5.41, 5.74) is 2.71. The number of esters is 1. The first-order valence-electron chi connectivity index (χ1n) is 13.6. The highest BCUT2D eigenvalue weighted by atomic mass is 32.2. The number of nitrogens with zero attached hydrogens (tertiary/aromatic N) is 4. The van der Waals surface area contributed by atoms with Gasteiger partial charge in [0.15, 0.2) is 4.80 Å². The van der Waals surface area contributed by atoms with Crippen LogP contribution in [0.4, 0.5) is 11.4 Å². The summed E-state index contributed by atoms with van der Waals surface area (Å²) in [6.45, 7) is 7.60. The molecule has 0 unspecified atom stereocenters. The Labute approximate surface area is 246 Å². The molecule has 11 heteroatoms. The number of anilines is 1. The minimum absolute atomic E-state index is 0.0367. The van der Waals surface area contributed by atoms with E-state index in [1.165, 1.54) is 23.5 Å². The summed E-state index contributed by atoms with van der Waals surface area (Å²) in [6.07, 6.45) is 5.77. The molecule has 0 amide bonds. The fraction of sp³-hybridized carbons (Fsp3) is 0.367. The minimum Gasteiger partial charge on any atom is -0.463 e. The topological polar surface area (TPSA) is 107 Å². The van der Waals surface area contributed by atoms with Crippen molar-refractivity contribution in [2.75, 3.05) is 30.9 Å². The number of piperidine rings is 1. The van der Waals surface area contributed by atoms with Crippen molar-refractivity contribution < 1.29 is 14.5 Å². The molecule has 1 saturated heterocycles. The summed E-state index contributed by atoms with van der Waals surface area (Å²) >= 11 is 2.82. The number of ether oxygens (including phenoxy) is 1. The number of carbonyl (C=O) groups is 1. The van der Waals surface area contributed by atoms with E-state index in [0.717, 1.165) is 42.1 Å². The summed E-state index contributed by atoms with van der Waals surface area (Å²) in [5.74, 6) is 0.112. The number of hydrogen-bond donors (Lipinski definition) is 0. The van der Waals surface area contributed by atoms with Crippen LogP contribution in [0.2, 0.25) is 0 Å². The van der Waals surface area contributed by atoms with Gasteiger partial charge < -0.3 is 9.64 Å². The van der Waals surface area contributed by atoms with Gasteiger partial charge in [-0.2, -0.15) is 0 Å². The predicted molar refractivity (Wildman–Crippen MR) is 162 cm³/mol. The molecule has 2 aromatic carbocycles. The lowest BCUT2D eigenvalue weighted by atomic mass is 9.96. The maximum absolute atomic E-state index is 14.1. The van der Waals surface area contributed by atoms with Gasteiger partial charge in [0.1, 0.15) is 0 Å². The molecule has 0 saturated carbocycles. The van der Waals surface area contributed by atoms with Crippen LogP contribution in [0.5, 0.6) is 0 Å². The van der Waals surface area contributed by atoms with Gasteiger partial charge in [-0.3, -0.25) is 19.5 Å². The van der Waals surface area contributed by atoms with Gasteiger partial charge in [0.05, 0.1) is 33.4 Å². The molecule has 0 N–H and O–H groups in total. The summed E-state index contributed by atoms with van der Waals surface area (Å²) < 4.78 is 7.32. The second kappa shape index (κ2) is 12.0. The minimum atomic E-state index is -0.712. The molecule has 2 aliphatic heterocycles. The van der Waals surface area contributed by atoms with Gasteiger partial charge in [-0.15, -0.1) is 11.8 Å². The number of nitro benzene ring substituents is 1. The summed E-state index contributed by atoms with van der Waals surface area (Å²) in [6, 6.07) is 11.9. The number of rotatable bonds is 7. The van der Waals surface area contributed by atoms with Crippen LogP contribution in [0.15, 0.2) is 68.4 Å². The molecule has 214 valence electrons. The van der Waals surface area contributed by atoms with Crippen LogP contribution < -0.4 is 19.8 Å². The number of hydrogen-bond acceptors (Lipinski definition) is 9. The fourth-order valence-corrected chi connectivity index (χ4v) is 6.79. The SMILES string of the molecule is CCOC(=O)C1=C(C)N=c2s/c(=C/c3cc([N+](=O)[O-])ccc3N3CCC(C)CC3)c(=O)n2[C@H]1c1ccc(SC)cc1. The lowest BCUT2D eigenvalue weighted by molar-refractivity contribution is -0.384. The average molecular weight is 593 g/mol. The Morgan fingerprint density at radius 2 is 1.93 bits per heavy atom. The van der Waals surface area contributed by atoms with Crippen molar-refractivity contribution in [3.63, 3.8) is 0 Å². The maximum atomic E-state index is 14.1. The molecule has 3 heterocycles. The number of thioether (sulfide) groups is 1. The predicted octanol–water partition coefficient (Wildman–Crippen LogP) is 4.66. The Kier molecular flexibility index (Phi) is 8.46. The van der Waals surface area contributed by atoms with Gasteiger partial charge in [-0.05, 0) is 68.7 Å². The summed E-state index contributed by atoms with van der Waals surface area (Å²) in [4.78, 5) is 46.8. The van der Waals surface area contributed by atoms with Crippen molar-refractivity contribution in [2.45, 2.75) is 44.6 Å². The Balaban J connectivity index is 1.69. The molecule has 1 atom stereocenters. The number of thiazole rings is 1. The van der Waals surface area contributed by atoms with Crippen molar-refractivity contribution in [3.05, 3.63) is 94.7 Å². The summed E-state index contributed by atoms with van der Waals surface area (Å²) in [5, 5.41) is 11.6. The fourth-order valence-electron chi connectivity index (χ4n) is 5.34. The molecule has 41 heavy (non-hydrogen) atoms. The van der Waals surface area contributed by atoms with Crippen molar-refractivity contribution in [2.24, 2.45) is 10.9 Å². The molecule has 2 aliphatic rings. The van der Waals surface area contributed by atoms with Gasteiger partial charge in [-0.1, -0.05) is 30.4 Å². The first kappa shape index (κ1) is 28.8. The first-order chi connectivity index (χ1) is 19.7. The van der Waals surface area contributed by atoms with E-state index in [1.54, 1.807) is 42.3 Å². The first-order valence-corrected chi connectivity index (χ1v) is 15.6. The lowest BCUT2D eigenvalue weighted by Crippen LogP contribution is -2.40. The lowest BCUT2D eigenvalue weighted by Gasteiger charge is -2.33. The van der Waals surface area contributed by atoms with Crippen LogP contribution in [-0.2, 0) is 9.53 Å². The zero-order valence-electron chi connectivity index (χ0n) is 23.5. The average Bonchev–Trinajstić information content (AvgIpc) is 3.26. The molecule has 0 aliphatic carbocycles. The third kappa shape index (κ3) is 5.73. The second-order valence-electron chi connectivity index (χ2n) is 10.2. The van der Waals surface area contributed by atoms with Crippen LogP contribution in [-0.4, -0.2) is 41.4 Å². The van der Waals surface area contributed by atoms with E-state index >= 15 is 0 Å². The molecule has 1 aromatic heterocycles. The quantitative estimate of drug-likeness (QED) is 0.170. The molecule has 0 spiro atoms. The van der Waals surface area contributed by atoms with Crippen molar-refractivity contribution in [3.8, 4) is 0 Å². The smallest absolute Gasteiger partial charge is 0.338 e. The van der Waals surface area contributed by atoms with Crippen molar-refractivity contribution >= 4 is 46.5 Å². The maximum Gasteiger partial charge on any atom is 0.338 e. The van der Waals surface area contributed by atoms with Crippen LogP contribution in [0, 0.1) is 16.0 Å². The monoisotopic (exact) mass is 592 g/mol. The van der Waals surface area contributed by atoms with Crippen LogP contribution in [0.3, 0.4) is 0 Å². The third-order valence-electron chi connectivity index (χ3n) is 7.58. The van der Waals surface area contributed by atoms with Crippen LogP contribution in [0.1, 0.15) is 50.8 Å². The van der Waals surface area contributed by atoms with Gasteiger partial charge in [0.25, 0.3) is 11.2 Å². The summed E-state index contributed by atoms with van der Waals surface area (Å²) in [7, 11) is 0. The van der Waals surface area contributed by atoms with E-state index < -0.39 is 16.9 Å². The Morgan fingerprint density at radius 3 is 2.56 bits per heavy atom. The highest BCUT2D eigenvalue weighted by molar-refractivity contribution is 7.98. The molecule has 5 rings (SSSR count). The molecule has 9 nitrogen and oxygen atoms in total. The third-order valence-corrected chi connectivity index (χ3v) is 9.31. The number of allylic oxidation sites excluding steroid dienone is 1. The number of aromatic nitrogens is 1. The van der Waals surface area contributed by atoms with Crippen LogP contribution in [0.25, 0.3) is 6.08 Å². The molecule has 0 bridgehead atoms. The highest BCUT2D eigenvalue weighted by Crippen LogP contribution is 2.32. The number of benzene rings is 2. The van der Waals surface area contributed by atoms with Crippen LogP contribution >= 0.6 is 23.1 Å². The molecular weight excluding hydrogens is 560 g/mol. The van der Waals surface area contributed by atoms with E-state index in [9.17, 15) is 19.7 Å². The molecular formula is C30H32N4O5S2. The van der Waals surface area contributed by atoms with Gasteiger partial charge >= 0.3 is 5.97 Å². The Hall–Kier alpha value is -3.70. The van der Waals surface area contributed by atoms with Gasteiger partial charge in [0, 0.05) is 41.4 Å². The van der Waals surface area contributed by atoms with Gasteiger partial charge in [0.2, 0.25) is 0 Å². The number of carbonyl (C=O) groups excluding carboxylic acids is 1. The zero-order chi connectivity index (χ0) is 29.3. The molecule has 3 aromatic rings. The Morgan fingerprint density at radius 1 is 1.22 bits per heavy atom. The normalized spacial score (nSPS) is 17.8. The van der Waals surface area contributed by atoms with Crippen molar-refractivity contribution in [1.82, 2.24) is 4.57 Å². The van der Waals surface area contributed by atoms with Gasteiger partial charge in [-0.25, -0.2) is 9.79 Å². The second-order valence-corrected chi connectivity index (χ2v) is 12.1. The standard InChI is InChI=1S/C30H32N4O5S2/c1-5-39-29(36)26-19(3)31-30-33(27(26)20-6-9-23(40-4)10-7-20)28(35)25(41-30)17-21-16-22(34(37)38)8-11-24(21)32-14-12-18(2)13-15-32/h6-11,16-18,27H,5,12-15H2,1-4H3/b25-17+/t27-/m0/s1. The molecule has 1 fully saturated rings. The number of nitro groups is 1. The molecule has 0 radical (unpaired) electrons. The number of fused-ring (bicyclic) bond motifs is 1. The van der Waals surface area contributed by atoms with E-state index in [-0.39, 0.29) is 17.9 Å². The zero-order valence-corrected chi connectivity index (χ0v) is 25.1. The van der Waals surface area contributed by atoms with E-state index in [0.29, 0.717) is 32.1 Å². The largest absolute Gasteiger partial charge is 0.463 e. The number of non-ortho nitro benzene ring substituents is 1. The highest BCUT2D eigenvalue weighted by Gasteiger charge is 2.33. The van der Waals surface area contributed by atoms with E-state index in [1.807, 2.05) is 30.5 Å². The Bertz CT molecular complexity index is 1700. The van der Waals surface area contributed by atoms with E-state index in [4.69, 9.17) is 4.74 Å².